The summed E-state index contributed by atoms with van der Waals surface area (Å²) in [6.07, 6.45) is 3.72. The number of nitrogens with one attached hydrogen (secondary N) is 2. The van der Waals surface area contributed by atoms with Gasteiger partial charge in [0.15, 0.2) is 0 Å². The lowest BCUT2D eigenvalue weighted by Gasteiger charge is -2.15. The average Bonchev–Trinajstić information content (AvgIpc) is 2.27. The molecule has 0 aliphatic carbocycles. The van der Waals surface area contributed by atoms with Crippen LogP contribution in [0, 0.1) is 0 Å². The third kappa shape index (κ3) is 4.75. The molecule has 1 atom stereocenters. The lowest BCUT2D eigenvalue weighted by Crippen LogP contribution is -2.18. The molecule has 90 valence electrons. The molecule has 0 bridgehead atoms. The predicted molar refractivity (Wildman–Crippen MR) is 74.5 cm³/mol. The molecule has 0 saturated heterocycles. The highest BCUT2D eigenvalue weighted by Crippen LogP contribution is 2.14. The lowest BCUT2D eigenvalue weighted by molar-refractivity contribution is 0.911. The molecule has 0 aliphatic rings. The topological polar surface area (TPSA) is 37.0 Å². The third-order valence-corrected chi connectivity index (χ3v) is 3.25. The highest BCUT2D eigenvalue weighted by molar-refractivity contribution is 7.99. The van der Waals surface area contributed by atoms with Crippen LogP contribution in [0.15, 0.2) is 18.5 Å². The first-order valence-corrected chi connectivity index (χ1v) is 6.95. The Morgan fingerprint density at radius 1 is 1.31 bits per heavy atom. The zero-order valence-corrected chi connectivity index (χ0v) is 11.1. The van der Waals surface area contributed by atoms with Crippen LogP contribution in [-0.2, 0) is 0 Å². The van der Waals surface area contributed by atoms with Gasteiger partial charge in [-0.05, 0) is 25.7 Å². The molecule has 1 unspecified atom stereocenters. The molecular weight excluding hydrogens is 218 g/mol. The highest BCUT2D eigenvalue weighted by atomic mass is 32.2. The van der Waals surface area contributed by atoms with Crippen molar-refractivity contribution in [3.05, 3.63) is 18.5 Å². The van der Waals surface area contributed by atoms with Crippen LogP contribution < -0.4 is 10.6 Å². The summed E-state index contributed by atoms with van der Waals surface area (Å²) in [5, 5.41) is 6.71. The normalized spacial score (nSPS) is 12.2. The highest BCUT2D eigenvalue weighted by Gasteiger charge is 2.02. The second kappa shape index (κ2) is 7.39. The van der Waals surface area contributed by atoms with Crippen LogP contribution in [0.3, 0.4) is 0 Å². The van der Waals surface area contributed by atoms with Crippen molar-refractivity contribution in [2.45, 2.75) is 26.8 Å². The van der Waals surface area contributed by atoms with Gasteiger partial charge in [-0.1, -0.05) is 6.92 Å². The van der Waals surface area contributed by atoms with E-state index in [-0.39, 0.29) is 0 Å². The number of aromatic nitrogens is 1. The number of rotatable bonds is 7. The first-order chi connectivity index (χ1) is 7.76. The van der Waals surface area contributed by atoms with Crippen LogP contribution in [0.4, 0.5) is 11.4 Å². The van der Waals surface area contributed by atoms with Crippen LogP contribution in [0.1, 0.15) is 20.8 Å². The Hall–Kier alpha value is -0.900. The van der Waals surface area contributed by atoms with Crippen LogP contribution in [0.25, 0.3) is 0 Å². The van der Waals surface area contributed by atoms with E-state index in [1.807, 2.05) is 24.2 Å². The van der Waals surface area contributed by atoms with E-state index in [0.717, 1.165) is 23.7 Å². The van der Waals surface area contributed by atoms with Gasteiger partial charge in [0.2, 0.25) is 0 Å². The molecule has 0 aliphatic heterocycles. The van der Waals surface area contributed by atoms with E-state index < -0.39 is 0 Å². The molecule has 0 aromatic carbocycles. The van der Waals surface area contributed by atoms with Gasteiger partial charge in [0.25, 0.3) is 0 Å². The number of pyridine rings is 1. The van der Waals surface area contributed by atoms with Crippen molar-refractivity contribution in [2.24, 2.45) is 0 Å². The average molecular weight is 239 g/mol. The van der Waals surface area contributed by atoms with Gasteiger partial charge in [-0.25, -0.2) is 0 Å². The van der Waals surface area contributed by atoms with Gasteiger partial charge >= 0.3 is 0 Å². The SMILES string of the molecule is CCNc1cncc(NC(C)CSCC)c1. The predicted octanol–water partition coefficient (Wildman–Crippen LogP) is 3.07. The quantitative estimate of drug-likeness (QED) is 0.767. The van der Waals surface area contributed by atoms with Crippen molar-refractivity contribution in [3.8, 4) is 0 Å². The molecule has 0 saturated carbocycles. The summed E-state index contributed by atoms with van der Waals surface area (Å²) < 4.78 is 0. The van der Waals surface area contributed by atoms with Gasteiger partial charge in [-0.15, -0.1) is 0 Å². The van der Waals surface area contributed by atoms with Crippen LogP contribution in [0.2, 0.25) is 0 Å². The van der Waals surface area contributed by atoms with Gasteiger partial charge < -0.3 is 10.6 Å². The van der Waals surface area contributed by atoms with E-state index in [1.54, 1.807) is 0 Å². The molecular formula is C12H21N3S. The fraction of sp³-hybridized carbons (Fsp3) is 0.583. The van der Waals surface area contributed by atoms with Crippen molar-refractivity contribution in [3.63, 3.8) is 0 Å². The Bertz CT molecular complexity index is 304. The molecule has 3 nitrogen and oxygen atoms in total. The number of hydrogen-bond acceptors (Lipinski definition) is 4. The van der Waals surface area contributed by atoms with E-state index in [9.17, 15) is 0 Å². The van der Waals surface area contributed by atoms with Gasteiger partial charge in [-0.3, -0.25) is 4.98 Å². The van der Waals surface area contributed by atoms with E-state index in [4.69, 9.17) is 0 Å². The van der Waals surface area contributed by atoms with Crippen LogP contribution in [-0.4, -0.2) is 29.1 Å². The second-order valence-electron chi connectivity index (χ2n) is 3.70. The smallest absolute Gasteiger partial charge is 0.0549 e. The monoisotopic (exact) mass is 239 g/mol. The first kappa shape index (κ1) is 13.2. The first-order valence-electron chi connectivity index (χ1n) is 5.79. The Balaban J connectivity index is 2.49. The molecule has 1 heterocycles. The van der Waals surface area contributed by atoms with Gasteiger partial charge in [0.1, 0.15) is 0 Å². The zero-order chi connectivity index (χ0) is 11.8. The molecule has 0 amide bonds. The van der Waals surface area contributed by atoms with Crippen molar-refractivity contribution in [1.29, 1.82) is 0 Å². The zero-order valence-electron chi connectivity index (χ0n) is 10.3. The summed E-state index contributed by atoms with van der Waals surface area (Å²) >= 11 is 1.95. The molecule has 16 heavy (non-hydrogen) atoms. The van der Waals surface area contributed by atoms with Crippen molar-refractivity contribution in [1.82, 2.24) is 4.98 Å². The van der Waals surface area contributed by atoms with Crippen LogP contribution >= 0.6 is 11.8 Å². The van der Waals surface area contributed by atoms with Gasteiger partial charge in [0.05, 0.1) is 23.8 Å². The second-order valence-corrected chi connectivity index (χ2v) is 5.02. The standard InChI is InChI=1S/C12H21N3S/c1-4-14-11-6-12(8-13-7-11)15-10(3)9-16-5-2/h6-8,10,14-15H,4-5,9H2,1-3H3. The maximum atomic E-state index is 4.20. The minimum Gasteiger partial charge on any atom is -0.384 e. The minimum atomic E-state index is 0.476. The number of hydrogen-bond donors (Lipinski definition) is 2. The lowest BCUT2D eigenvalue weighted by atomic mass is 10.3. The summed E-state index contributed by atoms with van der Waals surface area (Å²) in [4.78, 5) is 4.20. The Morgan fingerprint density at radius 3 is 2.75 bits per heavy atom. The third-order valence-electron chi connectivity index (χ3n) is 2.10. The summed E-state index contributed by atoms with van der Waals surface area (Å²) in [5.74, 6) is 2.30. The largest absolute Gasteiger partial charge is 0.384 e. The van der Waals surface area contributed by atoms with Gasteiger partial charge in [0, 0.05) is 18.3 Å². The van der Waals surface area contributed by atoms with Crippen molar-refractivity contribution >= 4 is 23.1 Å². The Morgan fingerprint density at radius 2 is 2.06 bits per heavy atom. The number of nitrogens with zero attached hydrogens (tertiary/aromatic N) is 1. The summed E-state index contributed by atoms with van der Waals surface area (Å²) in [7, 11) is 0. The summed E-state index contributed by atoms with van der Waals surface area (Å²) in [6, 6.07) is 2.58. The molecule has 4 heteroatoms. The molecule has 1 rings (SSSR count). The number of thioether (sulfide) groups is 1. The van der Waals surface area contributed by atoms with E-state index in [1.165, 1.54) is 5.75 Å². The minimum absolute atomic E-state index is 0.476. The van der Waals surface area contributed by atoms with Crippen molar-refractivity contribution in [2.75, 3.05) is 28.7 Å². The van der Waals surface area contributed by atoms with E-state index in [0.29, 0.717) is 6.04 Å². The van der Waals surface area contributed by atoms with Crippen molar-refractivity contribution < 1.29 is 0 Å². The summed E-state index contributed by atoms with van der Waals surface area (Å²) in [6.45, 7) is 7.39. The fourth-order valence-corrected chi connectivity index (χ4v) is 2.11. The summed E-state index contributed by atoms with van der Waals surface area (Å²) in [5.41, 5.74) is 2.16. The Kier molecular flexibility index (Phi) is 6.08. The van der Waals surface area contributed by atoms with Crippen LogP contribution in [0.5, 0.6) is 0 Å². The maximum absolute atomic E-state index is 4.20. The molecule has 1 aromatic heterocycles. The van der Waals surface area contributed by atoms with E-state index >= 15 is 0 Å². The molecule has 2 N–H and O–H groups in total. The number of anilines is 2. The molecule has 0 fully saturated rings. The fourth-order valence-electron chi connectivity index (χ4n) is 1.44. The molecule has 0 radical (unpaired) electrons. The molecule has 1 aromatic rings. The Labute approximate surface area is 102 Å². The molecule has 0 spiro atoms. The maximum Gasteiger partial charge on any atom is 0.0549 e. The van der Waals surface area contributed by atoms with Gasteiger partial charge in [-0.2, -0.15) is 11.8 Å². The van der Waals surface area contributed by atoms with E-state index in [2.05, 4.69) is 42.5 Å².